The molecule has 0 saturated heterocycles. The van der Waals surface area contributed by atoms with Crippen molar-refractivity contribution in [3.8, 4) is 0 Å². The number of methoxy groups -OCH3 is 1. The predicted molar refractivity (Wildman–Crippen MR) is 138 cm³/mol. The smallest absolute Gasteiger partial charge is 0.336 e. The van der Waals surface area contributed by atoms with Crippen LogP contribution in [0.5, 0.6) is 0 Å². The molecule has 3 rings (SSSR count). The van der Waals surface area contributed by atoms with Crippen molar-refractivity contribution < 1.29 is 43.6 Å². The number of nitrogens with one attached hydrogen (secondary N) is 1. The zero-order valence-corrected chi connectivity index (χ0v) is 21.9. The summed E-state index contributed by atoms with van der Waals surface area (Å²) in [4.78, 5) is 25.6. The van der Waals surface area contributed by atoms with Crippen LogP contribution >= 0.6 is 11.6 Å². The number of rotatable bonds is 8. The van der Waals surface area contributed by atoms with Crippen molar-refractivity contribution >= 4 is 33.7 Å². The molecule has 1 atom stereocenters. The second-order valence-corrected chi connectivity index (χ2v) is 9.23. The Bertz CT molecular complexity index is 1460. The monoisotopic (exact) mass is 556 g/mol. The number of halogens is 1. The van der Waals surface area contributed by atoms with Gasteiger partial charge in [0.1, 0.15) is 0 Å². The molecule has 0 amide bonds. The minimum atomic E-state index is -4.00. The topological polar surface area (TPSA) is 128 Å². The van der Waals surface area contributed by atoms with Gasteiger partial charge in [-0.3, -0.25) is 4.55 Å². The first-order valence-electron chi connectivity index (χ1n) is 13.3. The van der Waals surface area contributed by atoms with Crippen molar-refractivity contribution in [1.29, 1.82) is 0 Å². The average molecular weight is 557 g/mol. The number of hydrogen-bond acceptors (Lipinski definition) is 8. The van der Waals surface area contributed by atoms with E-state index in [9.17, 15) is 18.0 Å². The van der Waals surface area contributed by atoms with Gasteiger partial charge in [-0.05, 0) is 44.5 Å². The average Bonchev–Trinajstić information content (AvgIpc) is 2.91. The summed E-state index contributed by atoms with van der Waals surface area (Å²) in [6, 6.07) is 14.0. The lowest BCUT2D eigenvalue weighted by Crippen LogP contribution is -2.34. The van der Waals surface area contributed by atoms with Crippen LogP contribution < -0.4 is 5.32 Å². The molecule has 1 aliphatic rings. The van der Waals surface area contributed by atoms with Gasteiger partial charge in [0.2, 0.25) is 0 Å². The Morgan fingerprint density at radius 1 is 1.11 bits per heavy atom. The fourth-order valence-corrected chi connectivity index (χ4v) is 4.31. The zero-order valence-electron chi connectivity index (χ0n) is 25.3. The van der Waals surface area contributed by atoms with Crippen LogP contribution in [0.4, 0.5) is 0 Å². The Kier molecular flexibility index (Phi) is 8.66. The zero-order chi connectivity index (χ0) is 31.9. The third-order valence-corrected chi connectivity index (χ3v) is 6.30. The highest BCUT2D eigenvalue weighted by Crippen LogP contribution is 2.41. The number of carbonyl (C=O) groups excluding carboxylic acids is 2. The maximum absolute atomic E-state index is 13.0. The number of benzene rings is 2. The van der Waals surface area contributed by atoms with Gasteiger partial charge in [0.15, 0.2) is 0 Å². The molecule has 9 nitrogen and oxygen atoms in total. The summed E-state index contributed by atoms with van der Waals surface area (Å²) >= 11 is 6.39. The molecule has 200 valence electrons. The lowest BCUT2D eigenvalue weighted by Gasteiger charge is -2.31. The fraction of sp³-hybridized carbons (Fsp3) is 0.308. The Balaban J connectivity index is 0.000000518. The molecule has 2 aromatic rings. The highest BCUT2D eigenvalue weighted by Gasteiger charge is 2.39. The quantitative estimate of drug-likeness (QED) is 0.362. The Hall–Kier alpha value is -3.18. The van der Waals surface area contributed by atoms with E-state index < -0.39 is 48.0 Å². The van der Waals surface area contributed by atoms with Gasteiger partial charge in [0, 0.05) is 21.4 Å². The van der Waals surface area contributed by atoms with Gasteiger partial charge >= 0.3 is 11.9 Å². The third kappa shape index (κ3) is 7.90. The van der Waals surface area contributed by atoms with E-state index in [0.29, 0.717) is 11.3 Å². The SMILES string of the molecule is O=S(=O)(O)c1ccccc1.[2H]C([2H])([2H])C([2H])([2H])OCC1=C(C(=O)OCC)C(c2ccccc2Cl)C(C(=O)OC)=C(C)N1. The van der Waals surface area contributed by atoms with E-state index in [0.717, 1.165) is 0 Å². The van der Waals surface area contributed by atoms with Crippen LogP contribution in [0.1, 0.15) is 39.0 Å². The van der Waals surface area contributed by atoms with Gasteiger partial charge in [-0.15, -0.1) is 0 Å². The van der Waals surface area contributed by atoms with E-state index in [4.69, 9.17) is 37.2 Å². The molecule has 0 fully saturated rings. The summed E-state index contributed by atoms with van der Waals surface area (Å²) < 4.78 is 81.7. The number of ether oxygens (including phenoxy) is 3. The second kappa shape index (κ2) is 13.9. The molecule has 0 saturated carbocycles. The van der Waals surface area contributed by atoms with E-state index >= 15 is 0 Å². The van der Waals surface area contributed by atoms with Crippen molar-refractivity contribution in [1.82, 2.24) is 5.32 Å². The summed E-state index contributed by atoms with van der Waals surface area (Å²) in [5.41, 5.74) is 0.808. The molecular weight excluding hydrogens is 522 g/mol. The fourth-order valence-electron chi connectivity index (χ4n) is 3.56. The summed E-state index contributed by atoms with van der Waals surface area (Å²) in [7, 11) is -2.80. The van der Waals surface area contributed by atoms with E-state index in [1.807, 2.05) is 0 Å². The van der Waals surface area contributed by atoms with Crippen LogP contribution in [0.2, 0.25) is 5.02 Å². The molecular formula is C26H30ClNO8S. The van der Waals surface area contributed by atoms with Crippen LogP contribution in [0.15, 0.2) is 82.0 Å². The molecule has 0 aliphatic carbocycles. The first-order valence-corrected chi connectivity index (χ1v) is 12.6. The third-order valence-electron chi connectivity index (χ3n) is 5.09. The maximum Gasteiger partial charge on any atom is 0.336 e. The van der Waals surface area contributed by atoms with Gasteiger partial charge in [-0.25, -0.2) is 9.59 Å². The molecule has 1 aliphatic heterocycles. The number of dihydropyridines is 1. The van der Waals surface area contributed by atoms with Gasteiger partial charge in [0.25, 0.3) is 10.1 Å². The number of allylic oxidation sites excluding steroid dienone is 1. The maximum atomic E-state index is 13.0. The molecule has 37 heavy (non-hydrogen) atoms. The van der Waals surface area contributed by atoms with E-state index in [1.54, 1.807) is 56.3 Å². The van der Waals surface area contributed by atoms with Crippen LogP contribution in [0.25, 0.3) is 0 Å². The number of esters is 2. The van der Waals surface area contributed by atoms with E-state index in [2.05, 4.69) is 5.32 Å². The predicted octanol–water partition coefficient (Wildman–Crippen LogP) is 4.26. The standard InChI is InChI=1S/C20H24ClNO5.C6H6O3S/c1-5-26-11-15-18(20(24)27-6-2)17(13-9-7-8-10-14(13)21)16(12(3)22-15)19(23)25-4;7-10(8,9)6-4-2-1-3-5-6/h7-10,17,22H,5-6,11H2,1-4H3;1-5H,(H,7,8,9)/i1D3,5D2;. The lowest BCUT2D eigenvalue weighted by atomic mass is 9.80. The van der Waals surface area contributed by atoms with E-state index in [-0.39, 0.29) is 33.4 Å². The molecule has 0 radical (unpaired) electrons. The number of carbonyl (C=O) groups is 2. The molecule has 0 spiro atoms. The molecule has 1 unspecified atom stereocenters. The summed E-state index contributed by atoms with van der Waals surface area (Å²) in [6.45, 7) is -3.45. The number of hydrogen-bond donors (Lipinski definition) is 2. The highest BCUT2D eigenvalue weighted by molar-refractivity contribution is 7.85. The Morgan fingerprint density at radius 3 is 2.30 bits per heavy atom. The largest absolute Gasteiger partial charge is 0.466 e. The van der Waals surface area contributed by atoms with Gasteiger partial charge in [-0.1, -0.05) is 48.0 Å². The van der Waals surface area contributed by atoms with Crippen LogP contribution in [0.3, 0.4) is 0 Å². The van der Waals surface area contributed by atoms with Crippen molar-refractivity contribution in [2.75, 3.05) is 26.9 Å². The molecule has 1 heterocycles. The van der Waals surface area contributed by atoms with Crippen LogP contribution in [-0.2, 0) is 33.9 Å². The van der Waals surface area contributed by atoms with Crippen molar-refractivity contribution in [2.45, 2.75) is 31.5 Å². The van der Waals surface area contributed by atoms with Crippen LogP contribution in [-0.4, -0.2) is 51.8 Å². The normalized spacial score (nSPS) is 18.1. The highest BCUT2D eigenvalue weighted by atomic mass is 35.5. The van der Waals surface area contributed by atoms with Crippen molar-refractivity contribution in [3.05, 3.63) is 87.7 Å². The van der Waals surface area contributed by atoms with Crippen LogP contribution in [0, 0.1) is 0 Å². The molecule has 0 bridgehead atoms. The Morgan fingerprint density at radius 2 is 1.76 bits per heavy atom. The Labute approximate surface area is 228 Å². The molecule has 2 aromatic carbocycles. The summed E-state index contributed by atoms with van der Waals surface area (Å²) in [5.74, 6) is -2.53. The van der Waals surface area contributed by atoms with Crippen molar-refractivity contribution in [3.63, 3.8) is 0 Å². The first-order chi connectivity index (χ1) is 19.5. The molecule has 2 N–H and O–H groups in total. The van der Waals surface area contributed by atoms with Gasteiger partial charge in [-0.2, -0.15) is 8.42 Å². The minimum Gasteiger partial charge on any atom is -0.466 e. The summed E-state index contributed by atoms with van der Waals surface area (Å²) in [6.07, 6.45) is 0. The van der Waals surface area contributed by atoms with Crippen molar-refractivity contribution in [2.24, 2.45) is 0 Å². The lowest BCUT2D eigenvalue weighted by molar-refractivity contribution is -0.139. The summed E-state index contributed by atoms with van der Waals surface area (Å²) in [5, 5.41) is 3.13. The second-order valence-electron chi connectivity index (χ2n) is 7.40. The molecule has 11 heteroatoms. The van der Waals surface area contributed by atoms with E-state index in [1.165, 1.54) is 19.2 Å². The van der Waals surface area contributed by atoms with Gasteiger partial charge < -0.3 is 19.5 Å². The minimum absolute atomic E-state index is 0.0259. The van der Waals surface area contributed by atoms with Gasteiger partial charge in [0.05, 0.1) is 50.7 Å². The molecule has 0 aromatic heterocycles. The first kappa shape index (κ1) is 23.0.